The van der Waals surface area contributed by atoms with Gasteiger partial charge in [-0.25, -0.2) is 4.79 Å². The van der Waals surface area contributed by atoms with E-state index >= 15 is 0 Å². The minimum atomic E-state index is -4.47. The van der Waals surface area contributed by atoms with E-state index < -0.39 is 23.9 Å². The zero-order valence-electron chi connectivity index (χ0n) is 13.9. The number of carbonyl (C=O) groups excluding carboxylic acids is 1. The Kier molecular flexibility index (Phi) is 5.08. The Bertz CT molecular complexity index is 630. The standard InChI is InChI=1S/C17H22F3N3O2/c18-17(19,20)12-5-6-15(22-7-1-2-8-22)14(10-12)21-16(25)23-9-3-4-13(24)11-23/h5-6,10,13,24H,1-4,7-9,11H2,(H,21,25)/t13-/m0/s1. The summed E-state index contributed by atoms with van der Waals surface area (Å²) in [5.41, 5.74) is -0.0115. The lowest BCUT2D eigenvalue weighted by molar-refractivity contribution is -0.137. The first-order valence-electron chi connectivity index (χ1n) is 8.55. The fourth-order valence-electron chi connectivity index (χ4n) is 3.38. The maximum atomic E-state index is 13.1. The van der Waals surface area contributed by atoms with Crippen LogP contribution in [0.4, 0.5) is 29.3 Å². The van der Waals surface area contributed by atoms with E-state index in [0.29, 0.717) is 25.1 Å². The van der Waals surface area contributed by atoms with Gasteiger partial charge in [0.1, 0.15) is 0 Å². The second-order valence-electron chi connectivity index (χ2n) is 6.60. The Labute approximate surface area is 144 Å². The number of nitrogens with one attached hydrogen (secondary N) is 1. The number of urea groups is 1. The van der Waals surface area contributed by atoms with Crippen LogP contribution >= 0.6 is 0 Å². The number of β-amino-alcohol motifs (C(OH)–C–C–N with tert-alkyl or cyclic N) is 1. The summed E-state index contributed by atoms with van der Waals surface area (Å²) in [6, 6.07) is 2.99. The molecule has 3 rings (SSSR count). The lowest BCUT2D eigenvalue weighted by Gasteiger charge is -2.31. The van der Waals surface area contributed by atoms with Crippen LogP contribution in [0.5, 0.6) is 0 Å². The summed E-state index contributed by atoms with van der Waals surface area (Å²) >= 11 is 0. The number of nitrogens with zero attached hydrogens (tertiary/aromatic N) is 2. The topological polar surface area (TPSA) is 55.8 Å². The number of carbonyl (C=O) groups is 1. The predicted octanol–water partition coefficient (Wildman–Crippen LogP) is 3.29. The van der Waals surface area contributed by atoms with E-state index in [-0.39, 0.29) is 12.2 Å². The lowest BCUT2D eigenvalue weighted by Crippen LogP contribution is -2.44. The van der Waals surface area contributed by atoms with Gasteiger partial charge in [0.25, 0.3) is 0 Å². The molecule has 0 spiro atoms. The molecule has 2 amide bonds. The minimum Gasteiger partial charge on any atom is -0.391 e. The highest BCUT2D eigenvalue weighted by atomic mass is 19.4. The van der Waals surface area contributed by atoms with Crippen LogP contribution in [0, 0.1) is 0 Å². The van der Waals surface area contributed by atoms with E-state index in [9.17, 15) is 23.1 Å². The van der Waals surface area contributed by atoms with Crippen LogP contribution < -0.4 is 10.2 Å². The number of hydrogen-bond donors (Lipinski definition) is 2. The van der Waals surface area contributed by atoms with Gasteiger partial charge < -0.3 is 20.2 Å². The van der Waals surface area contributed by atoms with Gasteiger partial charge in [-0.2, -0.15) is 13.2 Å². The predicted molar refractivity (Wildman–Crippen MR) is 88.7 cm³/mol. The van der Waals surface area contributed by atoms with Crippen LogP contribution in [-0.2, 0) is 6.18 Å². The van der Waals surface area contributed by atoms with Gasteiger partial charge in [0, 0.05) is 26.2 Å². The number of halogens is 3. The van der Waals surface area contributed by atoms with Gasteiger partial charge in [-0.05, 0) is 43.9 Å². The Morgan fingerprint density at radius 1 is 1.16 bits per heavy atom. The molecule has 2 N–H and O–H groups in total. The zero-order chi connectivity index (χ0) is 18.0. The molecule has 1 aromatic rings. The highest BCUT2D eigenvalue weighted by Gasteiger charge is 2.32. The Hall–Kier alpha value is -1.96. The first-order valence-corrected chi connectivity index (χ1v) is 8.55. The highest BCUT2D eigenvalue weighted by molar-refractivity contribution is 5.93. The molecule has 2 aliphatic rings. The molecule has 2 saturated heterocycles. The Morgan fingerprint density at radius 2 is 1.88 bits per heavy atom. The maximum Gasteiger partial charge on any atom is 0.416 e. The molecule has 25 heavy (non-hydrogen) atoms. The van der Waals surface area contributed by atoms with E-state index in [0.717, 1.165) is 38.1 Å². The molecule has 0 saturated carbocycles. The monoisotopic (exact) mass is 357 g/mol. The van der Waals surface area contributed by atoms with Crippen molar-refractivity contribution in [2.75, 3.05) is 36.4 Å². The van der Waals surface area contributed by atoms with Gasteiger partial charge in [-0.3, -0.25) is 0 Å². The number of anilines is 2. The normalized spacial score (nSPS) is 21.5. The molecule has 2 heterocycles. The molecule has 0 bridgehead atoms. The van der Waals surface area contributed by atoms with E-state index in [1.807, 2.05) is 4.90 Å². The molecule has 0 radical (unpaired) electrons. The second-order valence-corrected chi connectivity index (χ2v) is 6.60. The SMILES string of the molecule is O=C(Nc1cc(C(F)(F)F)ccc1N1CCCC1)N1CCC[C@H](O)C1. The summed E-state index contributed by atoms with van der Waals surface area (Å²) < 4.78 is 39.2. The third-order valence-corrected chi connectivity index (χ3v) is 4.70. The highest BCUT2D eigenvalue weighted by Crippen LogP contribution is 2.36. The molecule has 2 fully saturated rings. The van der Waals surface area contributed by atoms with Crippen molar-refractivity contribution in [2.24, 2.45) is 0 Å². The lowest BCUT2D eigenvalue weighted by atomic mass is 10.1. The number of amides is 2. The van der Waals surface area contributed by atoms with Crippen molar-refractivity contribution in [1.29, 1.82) is 0 Å². The minimum absolute atomic E-state index is 0.168. The maximum absolute atomic E-state index is 13.1. The van der Waals surface area contributed by atoms with Crippen molar-refractivity contribution in [2.45, 2.75) is 38.0 Å². The molecular formula is C17H22F3N3O2. The third kappa shape index (κ3) is 4.18. The summed E-state index contributed by atoms with van der Waals surface area (Å²) in [7, 11) is 0. The summed E-state index contributed by atoms with van der Waals surface area (Å²) in [5, 5.41) is 12.3. The van der Waals surface area contributed by atoms with Crippen LogP contribution in [0.2, 0.25) is 0 Å². The summed E-state index contributed by atoms with van der Waals surface area (Å²) in [4.78, 5) is 15.9. The van der Waals surface area contributed by atoms with E-state index in [4.69, 9.17) is 0 Å². The van der Waals surface area contributed by atoms with Gasteiger partial charge in [0.15, 0.2) is 0 Å². The average Bonchev–Trinajstić information content (AvgIpc) is 3.08. The van der Waals surface area contributed by atoms with Crippen molar-refractivity contribution in [3.63, 3.8) is 0 Å². The summed E-state index contributed by atoms with van der Waals surface area (Å²) in [6.45, 7) is 2.21. The molecular weight excluding hydrogens is 335 g/mol. The van der Waals surface area contributed by atoms with Crippen molar-refractivity contribution < 1.29 is 23.1 Å². The Balaban J connectivity index is 1.84. The van der Waals surface area contributed by atoms with Gasteiger partial charge in [0.05, 0.1) is 23.0 Å². The fourth-order valence-corrected chi connectivity index (χ4v) is 3.38. The fraction of sp³-hybridized carbons (Fsp3) is 0.588. The largest absolute Gasteiger partial charge is 0.416 e. The molecule has 5 nitrogen and oxygen atoms in total. The molecule has 8 heteroatoms. The van der Waals surface area contributed by atoms with Gasteiger partial charge >= 0.3 is 12.2 Å². The molecule has 2 aliphatic heterocycles. The Morgan fingerprint density at radius 3 is 2.52 bits per heavy atom. The van der Waals surface area contributed by atoms with Crippen molar-refractivity contribution in [1.82, 2.24) is 4.90 Å². The quantitative estimate of drug-likeness (QED) is 0.854. The number of aliphatic hydroxyl groups excluding tert-OH is 1. The first-order chi connectivity index (χ1) is 11.8. The van der Waals surface area contributed by atoms with Crippen LogP contribution in [0.25, 0.3) is 0 Å². The zero-order valence-corrected chi connectivity index (χ0v) is 13.9. The number of hydrogen-bond acceptors (Lipinski definition) is 3. The van der Waals surface area contributed by atoms with Crippen molar-refractivity contribution in [3.05, 3.63) is 23.8 Å². The number of piperidine rings is 1. The second kappa shape index (κ2) is 7.11. The first kappa shape index (κ1) is 17.8. The molecule has 0 aliphatic carbocycles. The smallest absolute Gasteiger partial charge is 0.391 e. The summed E-state index contributed by atoms with van der Waals surface area (Å²) in [5.74, 6) is 0. The number of aliphatic hydroxyl groups is 1. The average molecular weight is 357 g/mol. The molecule has 138 valence electrons. The van der Waals surface area contributed by atoms with Crippen molar-refractivity contribution >= 4 is 17.4 Å². The van der Waals surface area contributed by atoms with E-state index in [1.165, 1.54) is 11.0 Å². The summed E-state index contributed by atoms with van der Waals surface area (Å²) in [6.07, 6.45) is -1.79. The van der Waals surface area contributed by atoms with Crippen LogP contribution in [-0.4, -0.2) is 48.3 Å². The molecule has 0 unspecified atom stereocenters. The van der Waals surface area contributed by atoms with Crippen LogP contribution in [0.3, 0.4) is 0 Å². The van der Waals surface area contributed by atoms with E-state index in [1.54, 1.807) is 0 Å². The van der Waals surface area contributed by atoms with Gasteiger partial charge in [0.2, 0.25) is 0 Å². The van der Waals surface area contributed by atoms with Crippen LogP contribution in [0.15, 0.2) is 18.2 Å². The molecule has 0 aromatic heterocycles. The van der Waals surface area contributed by atoms with Gasteiger partial charge in [-0.1, -0.05) is 0 Å². The third-order valence-electron chi connectivity index (χ3n) is 4.70. The number of likely N-dealkylation sites (tertiary alicyclic amines) is 1. The molecule has 1 aromatic carbocycles. The number of alkyl halides is 3. The van der Waals surface area contributed by atoms with E-state index in [2.05, 4.69) is 5.32 Å². The van der Waals surface area contributed by atoms with Crippen molar-refractivity contribution in [3.8, 4) is 0 Å². The van der Waals surface area contributed by atoms with Gasteiger partial charge in [-0.15, -0.1) is 0 Å². The van der Waals surface area contributed by atoms with Crippen LogP contribution in [0.1, 0.15) is 31.2 Å². The number of benzene rings is 1. The number of rotatable bonds is 2. The molecule has 1 atom stereocenters.